The molecule has 4 heterocycles. The van der Waals surface area contributed by atoms with Gasteiger partial charge in [0.2, 0.25) is 5.95 Å². The van der Waals surface area contributed by atoms with Crippen molar-refractivity contribution in [1.82, 2.24) is 24.8 Å². The molecule has 204 valence electrons. The smallest absolute Gasteiger partial charge is 0.229 e. The molecule has 1 fully saturated rings. The van der Waals surface area contributed by atoms with Gasteiger partial charge in [0.25, 0.3) is 0 Å². The lowest BCUT2D eigenvalue weighted by Gasteiger charge is -2.36. The summed E-state index contributed by atoms with van der Waals surface area (Å²) < 4.78 is 0. The van der Waals surface area contributed by atoms with Crippen LogP contribution < -0.4 is 15.5 Å². The predicted molar refractivity (Wildman–Crippen MR) is 159 cm³/mol. The second kappa shape index (κ2) is 13.8. The molecule has 0 radical (unpaired) electrons. The molecule has 0 spiro atoms. The van der Waals surface area contributed by atoms with E-state index in [1.165, 1.54) is 0 Å². The first-order valence-electron chi connectivity index (χ1n) is 13.2. The maximum Gasteiger partial charge on any atom is 0.229 e. The second-order valence-corrected chi connectivity index (χ2v) is 9.20. The topological polar surface area (TPSA) is 102 Å². The van der Waals surface area contributed by atoms with Crippen molar-refractivity contribution in [1.29, 1.82) is 0 Å². The lowest BCUT2D eigenvalue weighted by Crippen LogP contribution is -2.47. The molecule has 1 saturated heterocycles. The minimum Gasteiger partial charge on any atom is -0.395 e. The number of aliphatic hydroxyl groups excluding tert-OH is 1. The fourth-order valence-corrected chi connectivity index (χ4v) is 4.61. The van der Waals surface area contributed by atoms with E-state index < -0.39 is 0 Å². The van der Waals surface area contributed by atoms with Crippen molar-refractivity contribution < 1.29 is 5.11 Å². The Morgan fingerprint density at radius 2 is 1.72 bits per heavy atom. The van der Waals surface area contributed by atoms with E-state index in [4.69, 9.17) is 16.7 Å². The monoisotopic (exact) mass is 546 g/mol. The normalized spacial score (nSPS) is 13.4. The van der Waals surface area contributed by atoms with E-state index in [1.807, 2.05) is 69.3 Å². The molecule has 9 nitrogen and oxygen atoms in total. The summed E-state index contributed by atoms with van der Waals surface area (Å²) in [5, 5.41) is 16.4. The van der Waals surface area contributed by atoms with E-state index in [2.05, 4.69) is 40.4 Å². The number of aromatic nitrogens is 4. The number of hydrogen-bond acceptors (Lipinski definition) is 9. The minimum atomic E-state index is 0.188. The molecule has 1 aliphatic rings. The third kappa shape index (κ3) is 7.41. The van der Waals surface area contributed by atoms with Crippen LogP contribution in [0.1, 0.15) is 19.5 Å². The predicted octanol–water partition coefficient (Wildman–Crippen LogP) is 5.52. The van der Waals surface area contributed by atoms with Gasteiger partial charge in [0.05, 0.1) is 28.7 Å². The number of benzene rings is 1. The van der Waals surface area contributed by atoms with Crippen LogP contribution >= 0.6 is 11.6 Å². The number of anilines is 5. The number of piperazine rings is 1. The van der Waals surface area contributed by atoms with Crippen molar-refractivity contribution in [2.45, 2.75) is 20.8 Å². The summed E-state index contributed by atoms with van der Waals surface area (Å²) in [5.74, 6) is 1.08. The van der Waals surface area contributed by atoms with Crippen LogP contribution in [0.3, 0.4) is 0 Å². The molecule has 0 bridgehead atoms. The van der Waals surface area contributed by atoms with Gasteiger partial charge in [0, 0.05) is 56.5 Å². The summed E-state index contributed by atoms with van der Waals surface area (Å²) in [4.78, 5) is 22.7. The van der Waals surface area contributed by atoms with Gasteiger partial charge in [-0.3, -0.25) is 9.88 Å². The number of pyridine rings is 2. The number of nitrogens with zero attached hydrogens (tertiary/aromatic N) is 6. The number of halogens is 1. The number of rotatable bonds is 8. The van der Waals surface area contributed by atoms with Crippen molar-refractivity contribution in [2.24, 2.45) is 0 Å². The number of aryl methyl sites for hydroxylation is 1. The van der Waals surface area contributed by atoms with E-state index in [1.54, 1.807) is 18.5 Å². The molecule has 1 aliphatic heterocycles. The van der Waals surface area contributed by atoms with Crippen molar-refractivity contribution in [3.8, 4) is 11.4 Å². The lowest BCUT2D eigenvalue weighted by atomic mass is 10.2. The van der Waals surface area contributed by atoms with Crippen molar-refractivity contribution >= 4 is 40.4 Å². The Morgan fingerprint density at radius 3 is 2.44 bits per heavy atom. The molecule has 0 atom stereocenters. The third-order valence-corrected chi connectivity index (χ3v) is 6.50. The first-order valence-corrected chi connectivity index (χ1v) is 13.6. The van der Waals surface area contributed by atoms with Gasteiger partial charge in [-0.15, -0.1) is 0 Å². The van der Waals surface area contributed by atoms with E-state index in [0.29, 0.717) is 23.3 Å². The maximum atomic E-state index is 9.15. The number of nitrogens with one attached hydrogen (secondary N) is 2. The summed E-state index contributed by atoms with van der Waals surface area (Å²) in [6.45, 7) is 10.4. The van der Waals surface area contributed by atoms with Crippen LogP contribution in [-0.4, -0.2) is 69.3 Å². The molecule has 0 aliphatic carbocycles. The van der Waals surface area contributed by atoms with Crippen molar-refractivity contribution in [2.75, 3.05) is 54.9 Å². The third-order valence-electron chi connectivity index (χ3n) is 6.19. The van der Waals surface area contributed by atoms with E-state index in [9.17, 15) is 0 Å². The first kappa shape index (κ1) is 28.2. The van der Waals surface area contributed by atoms with Gasteiger partial charge in [-0.05, 0) is 55.5 Å². The molecular formula is C29H35ClN8O. The molecule has 39 heavy (non-hydrogen) atoms. The largest absolute Gasteiger partial charge is 0.395 e. The van der Waals surface area contributed by atoms with Gasteiger partial charge < -0.3 is 20.6 Å². The van der Waals surface area contributed by atoms with Crippen LogP contribution in [0.25, 0.3) is 11.4 Å². The zero-order valence-electron chi connectivity index (χ0n) is 22.6. The highest BCUT2D eigenvalue weighted by molar-refractivity contribution is 6.33. The fraction of sp³-hybridized carbons (Fsp3) is 0.310. The van der Waals surface area contributed by atoms with Gasteiger partial charge in [0.1, 0.15) is 11.5 Å². The molecular weight excluding hydrogens is 512 g/mol. The SMILES string of the molecule is CC.Cc1ccc(Nc2ccnc(Nc3ccc(N4CCN(CCO)CC4)c(Cl)c3)n2)c(-c2ccccn2)n1. The summed E-state index contributed by atoms with van der Waals surface area (Å²) in [7, 11) is 0. The Hall–Kier alpha value is -3.79. The maximum absolute atomic E-state index is 9.15. The Bertz CT molecular complexity index is 1350. The Labute approximate surface area is 234 Å². The zero-order chi connectivity index (χ0) is 27.6. The number of β-amino-alcohol motifs (C(OH)–C–C–N with tert-alkyl or cyclic N) is 1. The molecule has 1 aromatic carbocycles. The second-order valence-electron chi connectivity index (χ2n) is 8.80. The van der Waals surface area contributed by atoms with Gasteiger partial charge in [0.15, 0.2) is 0 Å². The number of aliphatic hydroxyl groups is 1. The van der Waals surface area contributed by atoms with E-state index in [-0.39, 0.29) is 6.61 Å². The zero-order valence-corrected chi connectivity index (χ0v) is 23.4. The van der Waals surface area contributed by atoms with Crippen LogP contribution in [0.5, 0.6) is 0 Å². The highest BCUT2D eigenvalue weighted by Gasteiger charge is 2.19. The molecule has 0 unspecified atom stereocenters. The summed E-state index contributed by atoms with van der Waals surface area (Å²) in [6.07, 6.45) is 3.45. The van der Waals surface area contributed by atoms with Gasteiger partial charge in [-0.2, -0.15) is 4.98 Å². The van der Waals surface area contributed by atoms with Crippen LogP contribution in [-0.2, 0) is 0 Å². The first-order chi connectivity index (χ1) is 19.1. The average Bonchev–Trinajstić information content (AvgIpc) is 2.97. The highest BCUT2D eigenvalue weighted by atomic mass is 35.5. The van der Waals surface area contributed by atoms with Crippen LogP contribution in [0.2, 0.25) is 5.02 Å². The highest BCUT2D eigenvalue weighted by Crippen LogP contribution is 2.31. The van der Waals surface area contributed by atoms with E-state index in [0.717, 1.165) is 60.3 Å². The minimum absolute atomic E-state index is 0.188. The van der Waals surface area contributed by atoms with Crippen LogP contribution in [0, 0.1) is 6.92 Å². The van der Waals surface area contributed by atoms with Crippen molar-refractivity contribution in [3.63, 3.8) is 0 Å². The fourth-order valence-electron chi connectivity index (χ4n) is 4.31. The molecule has 0 amide bonds. The lowest BCUT2D eigenvalue weighted by molar-refractivity contribution is 0.189. The number of hydrogen-bond donors (Lipinski definition) is 3. The van der Waals surface area contributed by atoms with Crippen LogP contribution in [0.15, 0.2) is 67.0 Å². The summed E-state index contributed by atoms with van der Waals surface area (Å²) >= 11 is 6.65. The van der Waals surface area contributed by atoms with Gasteiger partial charge in [-0.1, -0.05) is 31.5 Å². The molecule has 10 heteroatoms. The van der Waals surface area contributed by atoms with Crippen LogP contribution in [0.4, 0.5) is 28.8 Å². The van der Waals surface area contributed by atoms with Gasteiger partial charge >= 0.3 is 0 Å². The Kier molecular flexibility index (Phi) is 10.0. The van der Waals surface area contributed by atoms with E-state index >= 15 is 0 Å². The Morgan fingerprint density at radius 1 is 0.897 bits per heavy atom. The quantitative estimate of drug-likeness (QED) is 0.263. The molecule has 3 N–H and O–H groups in total. The van der Waals surface area contributed by atoms with Crippen molar-refractivity contribution in [3.05, 3.63) is 77.7 Å². The molecule has 0 saturated carbocycles. The molecule has 3 aromatic heterocycles. The van der Waals surface area contributed by atoms with Gasteiger partial charge in [-0.25, -0.2) is 9.97 Å². The summed E-state index contributed by atoms with van der Waals surface area (Å²) in [5.41, 5.74) is 5.06. The average molecular weight is 547 g/mol. The Balaban J connectivity index is 0.00000172. The molecule has 5 rings (SSSR count). The standard InChI is InChI=1S/C27H29ClN8O.C2H6/c1-19-5-7-23(26(31-19)22-4-2-3-10-29-22)33-25-9-11-30-27(34-25)32-20-6-8-24(21(28)18-20)36-14-12-35(13-15-36)16-17-37;1-2/h2-11,18,37H,12-17H2,1H3,(H2,30,32,33,34);1-2H3. The molecule has 4 aromatic rings. The summed E-state index contributed by atoms with van der Waals surface area (Å²) in [6, 6.07) is 17.4.